The third-order valence-electron chi connectivity index (χ3n) is 5.62. The van der Waals surface area contributed by atoms with E-state index >= 15 is 0 Å². The van der Waals surface area contributed by atoms with Crippen molar-refractivity contribution in [2.45, 2.75) is 52.1 Å². The van der Waals surface area contributed by atoms with Crippen molar-refractivity contribution in [2.24, 2.45) is 5.92 Å². The Morgan fingerprint density at radius 2 is 1.90 bits per heavy atom. The highest BCUT2D eigenvalue weighted by atomic mass is 19.4. The Balaban J connectivity index is 0.000000396. The number of hydrogen-bond acceptors (Lipinski definition) is 5. The van der Waals surface area contributed by atoms with Crippen molar-refractivity contribution < 1.29 is 32.6 Å². The number of piperidine rings is 1. The van der Waals surface area contributed by atoms with Crippen LogP contribution in [-0.2, 0) is 16.1 Å². The minimum atomic E-state index is -5.08. The first-order valence-corrected chi connectivity index (χ1v) is 9.94. The summed E-state index contributed by atoms with van der Waals surface area (Å²) in [5.74, 6) is -2.22. The smallest absolute Gasteiger partial charge is 0.475 e. The number of carbonyl (C=O) groups is 2. The van der Waals surface area contributed by atoms with Gasteiger partial charge in [-0.2, -0.15) is 18.3 Å². The third kappa shape index (κ3) is 5.31. The number of methoxy groups -OCH3 is 1. The van der Waals surface area contributed by atoms with Gasteiger partial charge in [-0.25, -0.2) is 4.79 Å². The van der Waals surface area contributed by atoms with E-state index in [9.17, 15) is 18.0 Å². The van der Waals surface area contributed by atoms with Crippen molar-refractivity contribution >= 4 is 11.9 Å². The Morgan fingerprint density at radius 3 is 2.40 bits per heavy atom. The molecule has 1 amide bonds. The van der Waals surface area contributed by atoms with E-state index in [1.807, 2.05) is 24.6 Å². The number of hydrogen-bond donors (Lipinski definition) is 1. The Hall–Kier alpha value is -2.14. The van der Waals surface area contributed by atoms with Crippen LogP contribution in [0.15, 0.2) is 6.07 Å². The molecule has 2 aliphatic rings. The summed E-state index contributed by atoms with van der Waals surface area (Å²) in [6, 6.07) is 2.16. The number of likely N-dealkylation sites (N-methyl/N-ethyl adjacent to an activating group) is 1. The second-order valence-corrected chi connectivity index (χ2v) is 7.43. The zero-order valence-electron chi connectivity index (χ0n) is 17.6. The summed E-state index contributed by atoms with van der Waals surface area (Å²) in [5, 5.41) is 11.6. The molecular formula is C19H29F3N4O4. The van der Waals surface area contributed by atoms with Crippen molar-refractivity contribution in [1.82, 2.24) is 19.6 Å². The van der Waals surface area contributed by atoms with Crippen LogP contribution in [0, 0.1) is 12.8 Å². The molecule has 2 fully saturated rings. The molecule has 8 nitrogen and oxygen atoms in total. The standard InChI is InChI=1S/C17H28N4O2.C2HF3O2/c1-5-19-10-13-15(11-19)20(8-7-16(13)23-4)17(22)14-9-12(3)18-21(14)6-2;3-2(4,5)1(6)7/h9,13,15-16H,5-8,10-11H2,1-4H3;(H,6,7)/t13-,15+,16-;/m0./s1. The minimum absolute atomic E-state index is 0.120. The van der Waals surface area contributed by atoms with Crippen molar-refractivity contribution in [3.05, 3.63) is 17.5 Å². The summed E-state index contributed by atoms with van der Waals surface area (Å²) in [6.45, 7) is 10.6. The SMILES string of the molecule is CCN1C[C@@H]2[C@@H](OC)CCN(C(=O)c3cc(C)nn3CC)[C@@H]2C1.O=C(O)C(F)(F)F. The highest BCUT2D eigenvalue weighted by molar-refractivity contribution is 5.93. The third-order valence-corrected chi connectivity index (χ3v) is 5.62. The first kappa shape index (κ1) is 24.1. The van der Waals surface area contributed by atoms with Crippen molar-refractivity contribution in [1.29, 1.82) is 0 Å². The van der Waals surface area contributed by atoms with E-state index in [4.69, 9.17) is 14.6 Å². The van der Waals surface area contributed by atoms with E-state index < -0.39 is 12.1 Å². The summed E-state index contributed by atoms with van der Waals surface area (Å²) in [7, 11) is 1.79. The summed E-state index contributed by atoms with van der Waals surface area (Å²) < 4.78 is 39.3. The Morgan fingerprint density at radius 1 is 1.27 bits per heavy atom. The maximum absolute atomic E-state index is 13.1. The Bertz CT molecular complexity index is 753. The van der Waals surface area contributed by atoms with Crippen molar-refractivity contribution in [3.63, 3.8) is 0 Å². The maximum Gasteiger partial charge on any atom is 0.490 e. The highest BCUT2D eigenvalue weighted by Crippen LogP contribution is 2.33. The van der Waals surface area contributed by atoms with Gasteiger partial charge < -0.3 is 19.6 Å². The summed E-state index contributed by atoms with van der Waals surface area (Å²) >= 11 is 0. The van der Waals surface area contributed by atoms with Crippen LogP contribution < -0.4 is 0 Å². The van der Waals surface area contributed by atoms with Gasteiger partial charge in [-0.05, 0) is 32.9 Å². The van der Waals surface area contributed by atoms with Gasteiger partial charge in [0, 0.05) is 39.2 Å². The van der Waals surface area contributed by atoms with Crippen LogP contribution in [0.25, 0.3) is 0 Å². The van der Waals surface area contributed by atoms with Gasteiger partial charge in [-0.3, -0.25) is 9.48 Å². The van der Waals surface area contributed by atoms with Crippen LogP contribution in [0.4, 0.5) is 13.2 Å². The molecule has 2 aliphatic heterocycles. The summed E-state index contributed by atoms with van der Waals surface area (Å²) in [6.07, 6.45) is -3.90. The predicted molar refractivity (Wildman–Crippen MR) is 102 cm³/mol. The average Bonchev–Trinajstić information content (AvgIpc) is 3.29. The number of likely N-dealkylation sites (tertiary alicyclic amines) is 2. The lowest BCUT2D eigenvalue weighted by molar-refractivity contribution is -0.192. The van der Waals surface area contributed by atoms with E-state index in [-0.39, 0.29) is 18.1 Å². The van der Waals surface area contributed by atoms with E-state index in [0.717, 1.165) is 50.5 Å². The number of rotatable bonds is 4. The largest absolute Gasteiger partial charge is 0.490 e. The number of carboxylic acid groups (broad SMARTS) is 1. The monoisotopic (exact) mass is 434 g/mol. The number of amides is 1. The van der Waals surface area contributed by atoms with Crippen LogP contribution in [0.3, 0.4) is 0 Å². The summed E-state index contributed by atoms with van der Waals surface area (Å²) in [5.41, 5.74) is 1.62. The van der Waals surface area contributed by atoms with Gasteiger partial charge in [-0.15, -0.1) is 0 Å². The van der Waals surface area contributed by atoms with E-state index in [1.54, 1.807) is 7.11 Å². The van der Waals surface area contributed by atoms with E-state index in [0.29, 0.717) is 5.92 Å². The summed E-state index contributed by atoms with van der Waals surface area (Å²) in [4.78, 5) is 26.5. The van der Waals surface area contributed by atoms with Gasteiger partial charge in [0.15, 0.2) is 0 Å². The molecule has 0 aromatic carbocycles. The fourth-order valence-corrected chi connectivity index (χ4v) is 4.14. The fraction of sp³-hybridized carbons (Fsp3) is 0.737. The average molecular weight is 434 g/mol. The predicted octanol–water partition coefficient (Wildman–Crippen LogP) is 2.03. The number of carboxylic acids is 1. The van der Waals surface area contributed by atoms with Gasteiger partial charge in [0.2, 0.25) is 0 Å². The maximum atomic E-state index is 13.1. The van der Waals surface area contributed by atoms with Gasteiger partial charge in [0.1, 0.15) is 5.69 Å². The molecule has 0 unspecified atom stereocenters. The molecule has 0 saturated carbocycles. The number of halogens is 3. The molecule has 0 bridgehead atoms. The molecule has 170 valence electrons. The molecule has 0 aliphatic carbocycles. The van der Waals surface area contributed by atoms with E-state index in [1.165, 1.54) is 0 Å². The second-order valence-electron chi connectivity index (χ2n) is 7.43. The number of nitrogens with zero attached hydrogens (tertiary/aromatic N) is 4. The van der Waals surface area contributed by atoms with Crippen LogP contribution in [-0.4, -0.2) is 88.2 Å². The number of carbonyl (C=O) groups excluding carboxylic acids is 1. The molecule has 3 heterocycles. The first-order chi connectivity index (χ1) is 14.0. The van der Waals surface area contributed by atoms with Crippen LogP contribution in [0.2, 0.25) is 0 Å². The Labute approximate surface area is 173 Å². The molecule has 1 aromatic heterocycles. The lowest BCUT2D eigenvalue weighted by Crippen LogP contribution is -2.53. The van der Waals surface area contributed by atoms with Gasteiger partial charge in [-0.1, -0.05) is 6.92 Å². The van der Waals surface area contributed by atoms with Gasteiger partial charge in [0.25, 0.3) is 5.91 Å². The molecule has 11 heteroatoms. The van der Waals surface area contributed by atoms with Gasteiger partial charge >= 0.3 is 12.1 Å². The number of ether oxygens (including phenoxy) is 1. The Kier molecular flexibility index (Phi) is 7.87. The number of aromatic nitrogens is 2. The number of alkyl halides is 3. The zero-order valence-corrected chi connectivity index (χ0v) is 17.6. The molecule has 0 radical (unpaired) electrons. The van der Waals surface area contributed by atoms with Crippen LogP contribution >= 0.6 is 0 Å². The van der Waals surface area contributed by atoms with Gasteiger partial charge in [0.05, 0.1) is 17.8 Å². The van der Waals surface area contributed by atoms with Crippen molar-refractivity contribution in [2.75, 3.05) is 33.3 Å². The fourth-order valence-electron chi connectivity index (χ4n) is 4.14. The topological polar surface area (TPSA) is 87.9 Å². The zero-order chi connectivity index (χ0) is 22.6. The molecule has 3 atom stereocenters. The molecule has 3 rings (SSSR count). The van der Waals surface area contributed by atoms with Crippen LogP contribution in [0.1, 0.15) is 36.5 Å². The normalized spacial score (nSPS) is 24.2. The van der Waals surface area contributed by atoms with Crippen LogP contribution in [0.5, 0.6) is 0 Å². The lowest BCUT2D eigenvalue weighted by Gasteiger charge is -2.41. The lowest BCUT2D eigenvalue weighted by atomic mass is 9.88. The second kappa shape index (κ2) is 9.78. The molecular weight excluding hydrogens is 405 g/mol. The van der Waals surface area contributed by atoms with Crippen molar-refractivity contribution in [3.8, 4) is 0 Å². The molecule has 30 heavy (non-hydrogen) atoms. The highest BCUT2D eigenvalue weighted by Gasteiger charge is 2.46. The number of fused-ring (bicyclic) bond motifs is 1. The number of aryl methyl sites for hydroxylation is 2. The molecule has 0 spiro atoms. The minimum Gasteiger partial charge on any atom is -0.475 e. The molecule has 1 N–H and O–H groups in total. The first-order valence-electron chi connectivity index (χ1n) is 9.94. The molecule has 2 saturated heterocycles. The molecule has 1 aromatic rings. The number of aliphatic carboxylic acids is 1. The van der Waals surface area contributed by atoms with E-state index in [2.05, 4.69) is 21.8 Å². The quantitative estimate of drug-likeness (QED) is 0.780.